The van der Waals surface area contributed by atoms with Gasteiger partial charge in [0, 0.05) is 32.6 Å². The number of hydrogen-bond acceptors (Lipinski definition) is 4. The Hall–Kier alpha value is -1.14. The molecule has 1 unspecified atom stereocenters. The van der Waals surface area contributed by atoms with Gasteiger partial charge in [-0.25, -0.2) is 0 Å². The Kier molecular flexibility index (Phi) is 7.54. The number of hydrogen-bond donors (Lipinski definition) is 2. The van der Waals surface area contributed by atoms with E-state index in [-0.39, 0.29) is 18.4 Å². The maximum atomic E-state index is 12.2. The molecule has 6 heteroatoms. The summed E-state index contributed by atoms with van der Waals surface area (Å²) in [5, 5.41) is 0. The molecule has 1 aliphatic heterocycles. The number of rotatable bonds is 7. The van der Waals surface area contributed by atoms with E-state index in [1.165, 1.54) is 0 Å². The summed E-state index contributed by atoms with van der Waals surface area (Å²) in [6, 6.07) is 0. The van der Waals surface area contributed by atoms with E-state index in [0.29, 0.717) is 25.4 Å². The molecule has 0 bridgehead atoms. The number of carbonyl (C=O) groups excluding carboxylic acids is 2. The van der Waals surface area contributed by atoms with E-state index in [0.717, 1.165) is 38.9 Å². The quantitative estimate of drug-likeness (QED) is 0.675. The molecule has 0 aromatic heterocycles. The minimum atomic E-state index is -0.305. The summed E-state index contributed by atoms with van der Waals surface area (Å²) in [4.78, 5) is 27.0. The standard InChI is InChI=1S/C14H28N4O2/c1-12(5-6-15)3-4-14(20)18-8-2-7-17(9-10-18)11-13(16)19/h12H,2-11,15H2,1H3,(H2,16,19). The summed E-state index contributed by atoms with van der Waals surface area (Å²) in [5.74, 6) is 0.414. The van der Waals surface area contributed by atoms with Crippen molar-refractivity contribution in [3.8, 4) is 0 Å². The van der Waals surface area contributed by atoms with Crippen molar-refractivity contribution >= 4 is 11.8 Å². The Morgan fingerprint density at radius 3 is 2.55 bits per heavy atom. The summed E-state index contributed by atoms with van der Waals surface area (Å²) >= 11 is 0. The minimum absolute atomic E-state index is 0.217. The van der Waals surface area contributed by atoms with Crippen molar-refractivity contribution in [3.05, 3.63) is 0 Å². The first-order chi connectivity index (χ1) is 9.52. The van der Waals surface area contributed by atoms with E-state index in [9.17, 15) is 9.59 Å². The van der Waals surface area contributed by atoms with Gasteiger partial charge >= 0.3 is 0 Å². The second-order valence-corrected chi connectivity index (χ2v) is 5.70. The lowest BCUT2D eigenvalue weighted by Crippen LogP contribution is -2.38. The van der Waals surface area contributed by atoms with Gasteiger partial charge in [0.15, 0.2) is 0 Å². The molecule has 0 spiro atoms. The minimum Gasteiger partial charge on any atom is -0.369 e. The molecule has 1 rings (SSSR count). The van der Waals surface area contributed by atoms with Gasteiger partial charge in [-0.15, -0.1) is 0 Å². The molecule has 0 radical (unpaired) electrons. The topological polar surface area (TPSA) is 92.7 Å². The monoisotopic (exact) mass is 284 g/mol. The zero-order valence-corrected chi connectivity index (χ0v) is 12.5. The van der Waals surface area contributed by atoms with E-state index in [4.69, 9.17) is 11.5 Å². The first-order valence-corrected chi connectivity index (χ1v) is 7.51. The highest BCUT2D eigenvalue weighted by molar-refractivity contribution is 5.76. The van der Waals surface area contributed by atoms with Crippen molar-refractivity contribution in [2.75, 3.05) is 39.3 Å². The first-order valence-electron chi connectivity index (χ1n) is 7.51. The number of primary amides is 1. The van der Waals surface area contributed by atoms with Crippen LogP contribution in [0, 0.1) is 5.92 Å². The molecule has 0 saturated carbocycles. The fourth-order valence-corrected chi connectivity index (χ4v) is 2.56. The molecular weight excluding hydrogens is 256 g/mol. The first kappa shape index (κ1) is 16.9. The zero-order valence-electron chi connectivity index (χ0n) is 12.5. The van der Waals surface area contributed by atoms with Crippen molar-refractivity contribution in [2.45, 2.75) is 32.6 Å². The van der Waals surface area contributed by atoms with Crippen LogP contribution in [0.15, 0.2) is 0 Å². The summed E-state index contributed by atoms with van der Waals surface area (Å²) in [6.45, 7) is 6.13. The van der Waals surface area contributed by atoms with Crippen LogP contribution in [-0.4, -0.2) is 60.9 Å². The van der Waals surface area contributed by atoms with Gasteiger partial charge in [-0.2, -0.15) is 0 Å². The molecule has 1 atom stereocenters. The summed E-state index contributed by atoms with van der Waals surface area (Å²) < 4.78 is 0. The fraction of sp³-hybridized carbons (Fsp3) is 0.857. The highest BCUT2D eigenvalue weighted by Gasteiger charge is 2.20. The molecule has 1 saturated heterocycles. The van der Waals surface area contributed by atoms with Gasteiger partial charge in [0.2, 0.25) is 11.8 Å². The molecule has 6 nitrogen and oxygen atoms in total. The van der Waals surface area contributed by atoms with Crippen LogP contribution in [0.1, 0.15) is 32.6 Å². The second-order valence-electron chi connectivity index (χ2n) is 5.70. The molecule has 1 heterocycles. The molecule has 2 amide bonds. The zero-order chi connectivity index (χ0) is 15.0. The van der Waals surface area contributed by atoms with Crippen molar-refractivity contribution < 1.29 is 9.59 Å². The van der Waals surface area contributed by atoms with E-state index in [2.05, 4.69) is 6.92 Å². The number of nitrogens with zero attached hydrogens (tertiary/aromatic N) is 2. The highest BCUT2D eigenvalue weighted by atomic mass is 16.2. The SMILES string of the molecule is CC(CCN)CCC(=O)N1CCCN(CC(N)=O)CC1. The fourth-order valence-electron chi connectivity index (χ4n) is 2.56. The van der Waals surface area contributed by atoms with E-state index in [1.807, 2.05) is 9.80 Å². The van der Waals surface area contributed by atoms with Crippen LogP contribution in [0.4, 0.5) is 0 Å². The largest absolute Gasteiger partial charge is 0.369 e. The predicted octanol–water partition coefficient (Wildman–Crippen LogP) is -0.229. The lowest BCUT2D eigenvalue weighted by molar-refractivity contribution is -0.131. The number of nitrogens with two attached hydrogens (primary N) is 2. The van der Waals surface area contributed by atoms with Gasteiger partial charge in [0.05, 0.1) is 6.54 Å². The van der Waals surface area contributed by atoms with Gasteiger partial charge in [-0.1, -0.05) is 6.92 Å². The molecular formula is C14H28N4O2. The van der Waals surface area contributed by atoms with Crippen molar-refractivity contribution in [1.82, 2.24) is 9.80 Å². The van der Waals surface area contributed by atoms with Gasteiger partial charge in [0.1, 0.15) is 0 Å². The molecule has 0 aromatic rings. The number of carbonyl (C=O) groups is 2. The van der Waals surface area contributed by atoms with Gasteiger partial charge < -0.3 is 16.4 Å². The van der Waals surface area contributed by atoms with Gasteiger partial charge in [-0.05, 0) is 31.7 Å². The third kappa shape index (κ3) is 6.34. The average molecular weight is 284 g/mol. The number of amides is 2. The third-order valence-corrected chi connectivity index (χ3v) is 3.83. The van der Waals surface area contributed by atoms with Crippen molar-refractivity contribution in [3.63, 3.8) is 0 Å². The van der Waals surface area contributed by atoms with Crippen LogP contribution in [0.5, 0.6) is 0 Å². The Morgan fingerprint density at radius 2 is 1.90 bits per heavy atom. The van der Waals surface area contributed by atoms with Crippen molar-refractivity contribution in [2.24, 2.45) is 17.4 Å². The Labute approximate surface area is 121 Å². The molecule has 4 N–H and O–H groups in total. The Morgan fingerprint density at radius 1 is 1.15 bits per heavy atom. The van der Waals surface area contributed by atoms with Gasteiger partial charge in [0.25, 0.3) is 0 Å². The van der Waals surface area contributed by atoms with Crippen LogP contribution in [0.25, 0.3) is 0 Å². The molecule has 20 heavy (non-hydrogen) atoms. The van der Waals surface area contributed by atoms with Crippen LogP contribution in [0.3, 0.4) is 0 Å². The average Bonchev–Trinajstić information content (AvgIpc) is 2.61. The Bertz CT molecular complexity index is 322. The highest BCUT2D eigenvalue weighted by Crippen LogP contribution is 2.12. The van der Waals surface area contributed by atoms with Crippen LogP contribution >= 0.6 is 0 Å². The van der Waals surface area contributed by atoms with E-state index >= 15 is 0 Å². The summed E-state index contributed by atoms with van der Waals surface area (Å²) in [6.07, 6.45) is 3.37. The smallest absolute Gasteiger partial charge is 0.231 e. The third-order valence-electron chi connectivity index (χ3n) is 3.83. The van der Waals surface area contributed by atoms with Gasteiger partial charge in [-0.3, -0.25) is 14.5 Å². The lowest BCUT2D eigenvalue weighted by Gasteiger charge is -2.22. The van der Waals surface area contributed by atoms with E-state index < -0.39 is 0 Å². The maximum Gasteiger partial charge on any atom is 0.231 e. The van der Waals surface area contributed by atoms with Crippen LogP contribution < -0.4 is 11.5 Å². The second kappa shape index (κ2) is 8.92. The summed E-state index contributed by atoms with van der Waals surface area (Å²) in [7, 11) is 0. The molecule has 1 aliphatic rings. The molecule has 116 valence electrons. The summed E-state index contributed by atoms with van der Waals surface area (Å²) in [5.41, 5.74) is 10.7. The normalized spacial score (nSPS) is 18.6. The van der Waals surface area contributed by atoms with E-state index in [1.54, 1.807) is 0 Å². The molecule has 0 aromatic carbocycles. The molecule has 0 aliphatic carbocycles. The van der Waals surface area contributed by atoms with Crippen LogP contribution in [0.2, 0.25) is 0 Å². The Balaban J connectivity index is 2.32. The lowest BCUT2D eigenvalue weighted by atomic mass is 10.0. The van der Waals surface area contributed by atoms with Crippen molar-refractivity contribution in [1.29, 1.82) is 0 Å². The molecule has 1 fully saturated rings. The van der Waals surface area contributed by atoms with Crippen LogP contribution in [-0.2, 0) is 9.59 Å². The predicted molar refractivity (Wildman–Crippen MR) is 78.9 cm³/mol. The maximum absolute atomic E-state index is 12.2.